The second-order valence-electron chi connectivity index (χ2n) is 8.56. The summed E-state index contributed by atoms with van der Waals surface area (Å²) in [7, 11) is 0. The van der Waals surface area contributed by atoms with Gasteiger partial charge in [-0.1, -0.05) is 63.1 Å². The SMILES string of the molecule is CCN(CC)Cc1ccccc1CNC(=O)c1cccc(C(CCCCCC(N)=O)C(N)=O)c1. The third-order valence-electron chi connectivity index (χ3n) is 6.16. The zero-order chi connectivity index (χ0) is 24.9. The van der Waals surface area contributed by atoms with E-state index in [0.717, 1.165) is 43.6 Å². The molecule has 2 aromatic rings. The van der Waals surface area contributed by atoms with E-state index in [0.29, 0.717) is 31.4 Å². The molecule has 0 aromatic heterocycles. The Kier molecular flexibility index (Phi) is 11.3. The molecule has 0 aliphatic rings. The van der Waals surface area contributed by atoms with Crippen molar-refractivity contribution in [3.63, 3.8) is 0 Å². The minimum absolute atomic E-state index is 0.191. The maximum absolute atomic E-state index is 12.9. The van der Waals surface area contributed by atoms with Crippen molar-refractivity contribution in [3.05, 3.63) is 70.8 Å². The summed E-state index contributed by atoms with van der Waals surface area (Å²) in [6.45, 7) is 7.49. The number of hydrogen-bond acceptors (Lipinski definition) is 4. The van der Waals surface area contributed by atoms with Crippen LogP contribution >= 0.6 is 0 Å². The summed E-state index contributed by atoms with van der Waals surface area (Å²) in [5, 5.41) is 3.01. The normalized spacial score (nSPS) is 11.9. The van der Waals surface area contributed by atoms with Crippen molar-refractivity contribution in [2.24, 2.45) is 11.5 Å². The van der Waals surface area contributed by atoms with Crippen molar-refractivity contribution in [3.8, 4) is 0 Å². The Labute approximate surface area is 202 Å². The Morgan fingerprint density at radius 2 is 1.62 bits per heavy atom. The van der Waals surface area contributed by atoms with Crippen molar-refractivity contribution in [2.75, 3.05) is 13.1 Å². The Morgan fingerprint density at radius 1 is 0.912 bits per heavy atom. The quantitative estimate of drug-likeness (QED) is 0.348. The topological polar surface area (TPSA) is 119 Å². The van der Waals surface area contributed by atoms with Crippen LogP contribution in [0.5, 0.6) is 0 Å². The first kappa shape index (κ1) is 27.1. The van der Waals surface area contributed by atoms with Crippen LogP contribution in [0.1, 0.15) is 78.9 Å². The minimum Gasteiger partial charge on any atom is -0.370 e. The summed E-state index contributed by atoms with van der Waals surface area (Å²) in [5.41, 5.74) is 14.3. The van der Waals surface area contributed by atoms with Gasteiger partial charge < -0.3 is 16.8 Å². The molecule has 0 fully saturated rings. The first-order chi connectivity index (χ1) is 16.3. The molecule has 5 N–H and O–H groups in total. The van der Waals surface area contributed by atoms with Crippen LogP contribution in [0.3, 0.4) is 0 Å². The molecule has 0 aliphatic heterocycles. The first-order valence-electron chi connectivity index (χ1n) is 12.1. The molecular weight excluding hydrogens is 428 g/mol. The molecule has 3 amide bonds. The van der Waals surface area contributed by atoms with Crippen LogP contribution in [0.4, 0.5) is 0 Å². The van der Waals surface area contributed by atoms with E-state index in [-0.39, 0.29) is 11.8 Å². The fraction of sp³-hybridized carbons (Fsp3) is 0.444. The van der Waals surface area contributed by atoms with Gasteiger partial charge in [-0.3, -0.25) is 19.3 Å². The van der Waals surface area contributed by atoms with E-state index >= 15 is 0 Å². The smallest absolute Gasteiger partial charge is 0.251 e. The zero-order valence-electron chi connectivity index (χ0n) is 20.4. The van der Waals surface area contributed by atoms with Crippen LogP contribution in [0.2, 0.25) is 0 Å². The molecule has 7 nitrogen and oxygen atoms in total. The van der Waals surface area contributed by atoms with E-state index in [1.54, 1.807) is 18.2 Å². The van der Waals surface area contributed by atoms with Gasteiger partial charge in [0.05, 0.1) is 5.92 Å². The van der Waals surface area contributed by atoms with Crippen molar-refractivity contribution in [1.29, 1.82) is 0 Å². The predicted molar refractivity (Wildman–Crippen MR) is 135 cm³/mol. The molecule has 0 radical (unpaired) electrons. The lowest BCUT2D eigenvalue weighted by molar-refractivity contribution is -0.120. The van der Waals surface area contributed by atoms with Gasteiger partial charge in [-0.2, -0.15) is 0 Å². The van der Waals surface area contributed by atoms with Gasteiger partial charge in [0.2, 0.25) is 11.8 Å². The molecular formula is C27H38N4O3. The number of carbonyl (C=O) groups is 3. The number of benzene rings is 2. The fourth-order valence-electron chi connectivity index (χ4n) is 4.04. The molecule has 0 heterocycles. The highest BCUT2D eigenvalue weighted by Crippen LogP contribution is 2.24. The Hall–Kier alpha value is -3.19. The third-order valence-corrected chi connectivity index (χ3v) is 6.16. The summed E-state index contributed by atoms with van der Waals surface area (Å²) < 4.78 is 0. The number of hydrogen-bond donors (Lipinski definition) is 3. The lowest BCUT2D eigenvalue weighted by Crippen LogP contribution is -2.26. The lowest BCUT2D eigenvalue weighted by Gasteiger charge is -2.20. The van der Waals surface area contributed by atoms with Crippen molar-refractivity contribution in [1.82, 2.24) is 10.2 Å². The Balaban J connectivity index is 2.02. The average molecular weight is 467 g/mol. The molecule has 2 rings (SSSR count). The molecule has 1 atom stereocenters. The first-order valence-corrected chi connectivity index (χ1v) is 12.1. The van der Waals surface area contributed by atoms with Gasteiger partial charge in [-0.15, -0.1) is 0 Å². The van der Waals surface area contributed by atoms with Crippen molar-refractivity contribution >= 4 is 17.7 Å². The molecule has 184 valence electrons. The van der Waals surface area contributed by atoms with E-state index in [2.05, 4.69) is 30.1 Å². The minimum atomic E-state index is -0.476. The van der Waals surface area contributed by atoms with Crippen molar-refractivity contribution < 1.29 is 14.4 Å². The molecule has 0 saturated heterocycles. The molecule has 0 saturated carbocycles. The van der Waals surface area contributed by atoms with Gasteiger partial charge in [0.1, 0.15) is 0 Å². The number of amides is 3. The molecule has 0 aliphatic carbocycles. The summed E-state index contributed by atoms with van der Waals surface area (Å²) in [4.78, 5) is 38.2. The highest BCUT2D eigenvalue weighted by molar-refractivity contribution is 5.94. The predicted octanol–water partition coefficient (Wildman–Crippen LogP) is 3.46. The van der Waals surface area contributed by atoms with E-state index in [9.17, 15) is 14.4 Å². The average Bonchev–Trinajstić information content (AvgIpc) is 2.83. The van der Waals surface area contributed by atoms with Gasteiger partial charge in [0, 0.05) is 25.1 Å². The van der Waals surface area contributed by atoms with Gasteiger partial charge in [0.25, 0.3) is 5.91 Å². The van der Waals surface area contributed by atoms with Gasteiger partial charge in [0.15, 0.2) is 0 Å². The molecule has 0 bridgehead atoms. The number of rotatable bonds is 15. The van der Waals surface area contributed by atoms with Crippen LogP contribution in [0.25, 0.3) is 0 Å². The van der Waals surface area contributed by atoms with E-state index < -0.39 is 11.8 Å². The maximum Gasteiger partial charge on any atom is 0.251 e. The van der Waals surface area contributed by atoms with Crippen LogP contribution in [0, 0.1) is 0 Å². The lowest BCUT2D eigenvalue weighted by atomic mass is 9.91. The number of carbonyl (C=O) groups excluding carboxylic acids is 3. The Morgan fingerprint density at radius 3 is 2.26 bits per heavy atom. The number of unbranched alkanes of at least 4 members (excludes halogenated alkanes) is 2. The fourth-order valence-corrected chi connectivity index (χ4v) is 4.04. The molecule has 34 heavy (non-hydrogen) atoms. The molecule has 2 aromatic carbocycles. The highest BCUT2D eigenvalue weighted by atomic mass is 16.2. The van der Waals surface area contributed by atoms with Crippen LogP contribution in [0.15, 0.2) is 48.5 Å². The van der Waals surface area contributed by atoms with E-state index in [4.69, 9.17) is 11.5 Å². The number of nitrogens with one attached hydrogen (secondary N) is 1. The Bertz CT molecular complexity index is 956. The van der Waals surface area contributed by atoms with Crippen molar-refractivity contribution in [2.45, 2.75) is 65.0 Å². The maximum atomic E-state index is 12.9. The summed E-state index contributed by atoms with van der Waals surface area (Å²) in [5.74, 6) is -1.40. The standard InChI is InChI=1S/C27H38N4O3/c1-3-31(4-2)19-23-12-9-8-11-22(23)18-30-27(34)21-14-10-13-20(17-21)24(26(29)33)15-6-5-7-16-25(28)32/h8-14,17,24H,3-7,15-16,18-19H2,1-2H3,(H2,28,32)(H2,29,33)(H,30,34). The largest absolute Gasteiger partial charge is 0.370 e. The number of nitrogens with two attached hydrogens (primary N) is 2. The van der Waals surface area contributed by atoms with Crippen LogP contribution in [-0.2, 0) is 22.7 Å². The molecule has 7 heteroatoms. The van der Waals surface area contributed by atoms with Gasteiger partial charge >= 0.3 is 0 Å². The monoisotopic (exact) mass is 466 g/mol. The summed E-state index contributed by atoms with van der Waals surface area (Å²) in [6.07, 6.45) is 3.15. The summed E-state index contributed by atoms with van der Waals surface area (Å²) >= 11 is 0. The molecule has 1 unspecified atom stereocenters. The second kappa shape index (κ2) is 14.2. The number of primary amides is 2. The zero-order valence-corrected chi connectivity index (χ0v) is 20.4. The van der Waals surface area contributed by atoms with Crippen LogP contribution in [-0.4, -0.2) is 35.7 Å². The highest BCUT2D eigenvalue weighted by Gasteiger charge is 2.19. The molecule has 0 spiro atoms. The number of nitrogens with zero attached hydrogens (tertiary/aromatic N) is 1. The second-order valence-corrected chi connectivity index (χ2v) is 8.56. The van der Waals surface area contributed by atoms with Crippen LogP contribution < -0.4 is 16.8 Å². The van der Waals surface area contributed by atoms with E-state index in [1.165, 1.54) is 5.56 Å². The third kappa shape index (κ3) is 8.63. The van der Waals surface area contributed by atoms with E-state index in [1.807, 2.05) is 24.3 Å². The summed E-state index contributed by atoms with van der Waals surface area (Å²) in [6, 6.07) is 15.2. The van der Waals surface area contributed by atoms with Gasteiger partial charge in [-0.25, -0.2) is 0 Å². The van der Waals surface area contributed by atoms with Gasteiger partial charge in [-0.05, 0) is 54.8 Å².